The van der Waals surface area contributed by atoms with Gasteiger partial charge in [-0.15, -0.1) is 0 Å². The van der Waals surface area contributed by atoms with Gasteiger partial charge in [0.15, 0.2) is 0 Å². The molecule has 0 saturated carbocycles. The Bertz CT molecular complexity index is 934. The fraction of sp³-hybridized carbons (Fsp3) is 0.250. The fourth-order valence-corrected chi connectivity index (χ4v) is 4.42. The average Bonchev–Trinajstić information content (AvgIpc) is 2.63. The predicted molar refractivity (Wildman–Crippen MR) is 110 cm³/mol. The van der Waals surface area contributed by atoms with Gasteiger partial charge in [-0.3, -0.25) is 4.79 Å². The molecule has 27 heavy (non-hydrogen) atoms. The molecule has 1 amide bonds. The number of anilines is 1. The first kappa shape index (κ1) is 21.2. The lowest BCUT2D eigenvalue weighted by molar-refractivity contribution is -0.111. The Hall–Kier alpha value is -2.15. The van der Waals surface area contributed by atoms with Crippen LogP contribution in [0.15, 0.2) is 53.4 Å². The van der Waals surface area contributed by atoms with Crippen LogP contribution in [0.2, 0.25) is 5.02 Å². The van der Waals surface area contributed by atoms with Crippen molar-refractivity contribution in [2.75, 3.05) is 18.4 Å². The third-order valence-electron chi connectivity index (χ3n) is 4.08. The van der Waals surface area contributed by atoms with E-state index in [0.717, 1.165) is 5.56 Å². The van der Waals surface area contributed by atoms with E-state index in [1.54, 1.807) is 63.2 Å². The maximum atomic E-state index is 12.8. The van der Waals surface area contributed by atoms with Crippen LogP contribution in [0, 0.1) is 6.92 Å². The summed E-state index contributed by atoms with van der Waals surface area (Å²) in [4.78, 5) is 12.4. The lowest BCUT2D eigenvalue weighted by atomic mass is 10.2. The number of aryl methyl sites for hydroxylation is 1. The van der Waals surface area contributed by atoms with Crippen LogP contribution >= 0.6 is 11.6 Å². The summed E-state index contributed by atoms with van der Waals surface area (Å²) in [5, 5.41) is 3.33. The van der Waals surface area contributed by atoms with E-state index in [2.05, 4.69) is 5.32 Å². The highest BCUT2D eigenvalue weighted by Gasteiger charge is 2.23. The van der Waals surface area contributed by atoms with Crippen molar-refractivity contribution >= 4 is 39.3 Å². The monoisotopic (exact) mass is 406 g/mol. The molecule has 7 heteroatoms. The summed E-state index contributed by atoms with van der Waals surface area (Å²) in [7, 11) is -3.60. The number of nitrogens with one attached hydrogen (secondary N) is 1. The Kier molecular flexibility index (Phi) is 7.18. The molecule has 2 aromatic carbocycles. The van der Waals surface area contributed by atoms with Crippen LogP contribution in [0.25, 0.3) is 6.08 Å². The molecule has 0 fully saturated rings. The van der Waals surface area contributed by atoms with Gasteiger partial charge >= 0.3 is 0 Å². The maximum Gasteiger partial charge on any atom is 0.248 e. The number of nitrogens with zero attached hydrogens (tertiary/aromatic N) is 1. The minimum atomic E-state index is -3.60. The number of hydrogen-bond donors (Lipinski definition) is 1. The Balaban J connectivity index is 2.20. The number of carbonyl (C=O) groups excluding carboxylic acids is 1. The average molecular weight is 407 g/mol. The quantitative estimate of drug-likeness (QED) is 0.696. The lowest BCUT2D eigenvalue weighted by Gasteiger charge is -2.20. The second-order valence-corrected chi connectivity index (χ2v) is 8.29. The molecule has 0 spiro atoms. The third-order valence-corrected chi connectivity index (χ3v) is 6.52. The summed E-state index contributed by atoms with van der Waals surface area (Å²) in [6.45, 7) is 6.10. The van der Waals surface area contributed by atoms with Gasteiger partial charge in [0, 0.05) is 29.9 Å². The zero-order chi connectivity index (χ0) is 20.0. The van der Waals surface area contributed by atoms with Crippen LogP contribution in [-0.4, -0.2) is 31.7 Å². The van der Waals surface area contributed by atoms with E-state index in [4.69, 9.17) is 11.6 Å². The van der Waals surface area contributed by atoms with E-state index in [0.29, 0.717) is 29.4 Å². The highest BCUT2D eigenvalue weighted by molar-refractivity contribution is 7.89. The third kappa shape index (κ3) is 5.42. The lowest BCUT2D eigenvalue weighted by Crippen LogP contribution is -2.31. The molecule has 0 aromatic heterocycles. The number of hydrogen-bond acceptors (Lipinski definition) is 3. The molecule has 0 saturated heterocycles. The molecule has 0 bridgehead atoms. The Labute approximate surface area is 165 Å². The molecule has 0 aliphatic rings. The number of carbonyl (C=O) groups is 1. The van der Waals surface area contributed by atoms with Crippen molar-refractivity contribution in [1.29, 1.82) is 0 Å². The molecule has 0 radical (unpaired) electrons. The van der Waals surface area contributed by atoms with Gasteiger partial charge < -0.3 is 5.32 Å². The molecule has 5 nitrogen and oxygen atoms in total. The van der Waals surface area contributed by atoms with Crippen LogP contribution < -0.4 is 5.32 Å². The fourth-order valence-electron chi connectivity index (χ4n) is 2.59. The van der Waals surface area contributed by atoms with Crippen molar-refractivity contribution in [2.45, 2.75) is 25.7 Å². The number of halogens is 1. The number of benzene rings is 2. The zero-order valence-corrected chi connectivity index (χ0v) is 17.1. The van der Waals surface area contributed by atoms with Crippen LogP contribution in [0.3, 0.4) is 0 Å². The van der Waals surface area contributed by atoms with Gasteiger partial charge in [0.25, 0.3) is 0 Å². The second kappa shape index (κ2) is 9.17. The van der Waals surface area contributed by atoms with Gasteiger partial charge in [0.05, 0.1) is 4.90 Å². The van der Waals surface area contributed by atoms with Crippen molar-refractivity contribution in [3.8, 4) is 0 Å². The van der Waals surface area contributed by atoms with E-state index in [9.17, 15) is 13.2 Å². The molecule has 0 aliphatic carbocycles. The number of rotatable bonds is 7. The Morgan fingerprint density at radius 1 is 1.11 bits per heavy atom. The van der Waals surface area contributed by atoms with E-state index < -0.39 is 10.0 Å². The van der Waals surface area contributed by atoms with Crippen molar-refractivity contribution < 1.29 is 13.2 Å². The van der Waals surface area contributed by atoms with Crippen LogP contribution in [-0.2, 0) is 14.8 Å². The molecule has 2 rings (SSSR count). The minimum Gasteiger partial charge on any atom is -0.322 e. The highest BCUT2D eigenvalue weighted by atomic mass is 35.5. The van der Waals surface area contributed by atoms with Gasteiger partial charge in [-0.2, -0.15) is 4.31 Å². The zero-order valence-electron chi connectivity index (χ0n) is 15.6. The molecular weight excluding hydrogens is 384 g/mol. The number of amides is 1. The van der Waals surface area contributed by atoms with Crippen molar-refractivity contribution in [3.05, 3.63) is 64.7 Å². The molecule has 0 aliphatic heterocycles. The second-order valence-electron chi connectivity index (χ2n) is 5.94. The van der Waals surface area contributed by atoms with E-state index >= 15 is 0 Å². The molecular formula is C20H23ClN2O3S. The van der Waals surface area contributed by atoms with Gasteiger partial charge in [0.2, 0.25) is 15.9 Å². The van der Waals surface area contributed by atoms with Crippen molar-refractivity contribution in [2.24, 2.45) is 0 Å². The number of sulfonamides is 1. The topological polar surface area (TPSA) is 66.5 Å². The van der Waals surface area contributed by atoms with E-state index in [1.807, 2.05) is 0 Å². The summed E-state index contributed by atoms with van der Waals surface area (Å²) in [5.74, 6) is -0.347. The highest BCUT2D eigenvalue weighted by Crippen LogP contribution is 2.23. The first-order chi connectivity index (χ1) is 12.8. The van der Waals surface area contributed by atoms with Crippen molar-refractivity contribution in [3.63, 3.8) is 0 Å². The summed E-state index contributed by atoms with van der Waals surface area (Å²) in [5.41, 5.74) is 1.90. The van der Waals surface area contributed by atoms with Crippen molar-refractivity contribution in [1.82, 2.24) is 4.31 Å². The molecule has 0 atom stereocenters. The van der Waals surface area contributed by atoms with Gasteiger partial charge in [0.1, 0.15) is 0 Å². The summed E-state index contributed by atoms with van der Waals surface area (Å²) in [6.07, 6.45) is 3.05. The Morgan fingerprint density at radius 3 is 2.33 bits per heavy atom. The summed E-state index contributed by atoms with van der Waals surface area (Å²) in [6, 6.07) is 11.9. The van der Waals surface area contributed by atoms with E-state index in [1.165, 1.54) is 16.4 Å². The molecule has 0 heterocycles. The van der Waals surface area contributed by atoms with Gasteiger partial charge in [-0.1, -0.05) is 43.6 Å². The first-order valence-corrected chi connectivity index (χ1v) is 10.4. The SMILES string of the molecule is CCN(CC)S(=O)(=O)c1cc(NC(=O)/C=C/c2ccc(Cl)cc2)ccc1C. The van der Waals surface area contributed by atoms with Crippen LogP contribution in [0.5, 0.6) is 0 Å². The largest absolute Gasteiger partial charge is 0.322 e. The van der Waals surface area contributed by atoms with E-state index in [-0.39, 0.29) is 10.8 Å². The first-order valence-electron chi connectivity index (χ1n) is 8.63. The summed E-state index contributed by atoms with van der Waals surface area (Å²) >= 11 is 5.83. The van der Waals surface area contributed by atoms with Crippen LogP contribution in [0.4, 0.5) is 5.69 Å². The maximum absolute atomic E-state index is 12.8. The standard InChI is InChI=1S/C20H23ClN2O3S/c1-4-23(5-2)27(25,26)19-14-18(12-6-15(19)3)22-20(24)13-9-16-7-10-17(21)11-8-16/h6-14H,4-5H2,1-3H3,(H,22,24)/b13-9+. The molecule has 1 N–H and O–H groups in total. The van der Waals surface area contributed by atoms with Crippen LogP contribution in [0.1, 0.15) is 25.0 Å². The minimum absolute atomic E-state index is 0.200. The smallest absolute Gasteiger partial charge is 0.248 e. The Morgan fingerprint density at radius 2 is 1.74 bits per heavy atom. The predicted octanol–water partition coefficient (Wildman–Crippen LogP) is 4.33. The molecule has 0 unspecified atom stereocenters. The molecule has 144 valence electrons. The van der Waals surface area contributed by atoms with Gasteiger partial charge in [-0.25, -0.2) is 8.42 Å². The molecule has 2 aromatic rings. The summed E-state index contributed by atoms with van der Waals surface area (Å²) < 4.78 is 27.0. The normalized spacial score (nSPS) is 11.9. The van der Waals surface area contributed by atoms with Gasteiger partial charge in [-0.05, 0) is 48.4 Å².